The second-order valence-electron chi connectivity index (χ2n) is 10.9. The van der Waals surface area contributed by atoms with E-state index in [9.17, 15) is 24.0 Å². The zero-order valence-corrected chi connectivity index (χ0v) is 25.5. The van der Waals surface area contributed by atoms with Gasteiger partial charge < -0.3 is 30.8 Å². The number of aromatic nitrogens is 2. The van der Waals surface area contributed by atoms with Crippen LogP contribution in [0.15, 0.2) is 71.4 Å². The van der Waals surface area contributed by atoms with Crippen LogP contribution in [0.4, 0.5) is 0 Å². The first kappa shape index (κ1) is 32.6. The molecule has 2 heterocycles. The topological polar surface area (TPSA) is 175 Å². The molecular weight excluding hydrogens is 576 g/mol. The fourth-order valence-corrected chi connectivity index (χ4v) is 4.81. The first-order valence-corrected chi connectivity index (χ1v) is 14.9. The van der Waals surface area contributed by atoms with Crippen molar-refractivity contribution in [2.45, 2.75) is 71.1 Å². The number of fused-ring (bicyclic) bond motifs is 1. The third kappa shape index (κ3) is 8.88. The van der Waals surface area contributed by atoms with E-state index in [1.54, 1.807) is 13.1 Å². The van der Waals surface area contributed by atoms with E-state index in [2.05, 4.69) is 31.4 Å². The Kier molecular flexibility index (Phi) is 11.2. The molecule has 0 saturated carbocycles. The zero-order valence-electron chi connectivity index (χ0n) is 25.5. The van der Waals surface area contributed by atoms with Crippen LogP contribution >= 0.6 is 0 Å². The standard InChI is InChI=1S/C33H38N6O6/c1-4-5-14-26(29(40)33(44)35-18-22-11-7-6-8-12-22)37-31(42)27(17-23-19-34-25-15-10-9-13-24(23)25)38-30(41)21(3)36-32(43)28-16-20(2)45-39-28/h6-13,15-16,19,21,26-27,34H,4-5,14,17-18H2,1-3H3,(H,35,44)(H,36,43)(H,37,42)(H,38,41)/t21-,26-,27-/m0/s1. The molecule has 236 valence electrons. The van der Waals surface area contributed by atoms with Crippen molar-refractivity contribution in [3.8, 4) is 0 Å². The summed E-state index contributed by atoms with van der Waals surface area (Å²) in [5, 5.41) is 15.2. The van der Waals surface area contributed by atoms with E-state index in [1.807, 2.05) is 61.5 Å². The molecular formula is C33H38N6O6. The summed E-state index contributed by atoms with van der Waals surface area (Å²) in [6.45, 7) is 5.22. The van der Waals surface area contributed by atoms with Crippen LogP contribution in [0.25, 0.3) is 10.9 Å². The third-order valence-electron chi connectivity index (χ3n) is 7.33. The number of aryl methyl sites for hydroxylation is 1. The molecule has 0 unspecified atom stereocenters. The van der Waals surface area contributed by atoms with Crippen molar-refractivity contribution in [2.24, 2.45) is 0 Å². The number of nitrogens with one attached hydrogen (secondary N) is 5. The van der Waals surface area contributed by atoms with Gasteiger partial charge in [-0.3, -0.25) is 24.0 Å². The minimum atomic E-state index is -1.13. The van der Waals surface area contributed by atoms with Gasteiger partial charge in [0.2, 0.25) is 17.6 Å². The monoisotopic (exact) mass is 614 g/mol. The average molecular weight is 615 g/mol. The molecule has 4 rings (SSSR count). The lowest BCUT2D eigenvalue weighted by Crippen LogP contribution is -2.56. The number of H-pyrrole nitrogens is 1. The van der Waals surface area contributed by atoms with Gasteiger partial charge in [-0.15, -0.1) is 0 Å². The molecule has 45 heavy (non-hydrogen) atoms. The van der Waals surface area contributed by atoms with Gasteiger partial charge in [-0.2, -0.15) is 0 Å². The van der Waals surface area contributed by atoms with Gasteiger partial charge >= 0.3 is 0 Å². The lowest BCUT2D eigenvalue weighted by Gasteiger charge is -2.24. The first-order valence-electron chi connectivity index (χ1n) is 14.9. The van der Waals surface area contributed by atoms with Crippen LogP contribution < -0.4 is 21.3 Å². The highest BCUT2D eigenvalue weighted by atomic mass is 16.5. The number of nitrogens with zero attached hydrogens (tertiary/aromatic N) is 1. The van der Waals surface area contributed by atoms with Crippen LogP contribution in [0.3, 0.4) is 0 Å². The van der Waals surface area contributed by atoms with Crippen molar-refractivity contribution in [3.63, 3.8) is 0 Å². The first-order chi connectivity index (χ1) is 21.7. The van der Waals surface area contributed by atoms with Crippen molar-refractivity contribution in [3.05, 3.63) is 89.4 Å². The molecule has 3 atom stereocenters. The fourth-order valence-electron chi connectivity index (χ4n) is 4.81. The highest BCUT2D eigenvalue weighted by Crippen LogP contribution is 2.19. The number of hydrogen-bond donors (Lipinski definition) is 5. The van der Waals surface area contributed by atoms with Gasteiger partial charge in [-0.1, -0.05) is 73.5 Å². The van der Waals surface area contributed by atoms with Crippen molar-refractivity contribution in [2.75, 3.05) is 0 Å². The number of carbonyl (C=O) groups excluding carboxylic acids is 5. The summed E-state index contributed by atoms with van der Waals surface area (Å²) in [4.78, 5) is 68.8. The summed E-state index contributed by atoms with van der Waals surface area (Å²) >= 11 is 0. The molecule has 4 aromatic rings. The van der Waals surface area contributed by atoms with E-state index in [0.717, 1.165) is 28.5 Å². The molecule has 0 bridgehead atoms. The van der Waals surface area contributed by atoms with Gasteiger partial charge in [-0.05, 0) is 37.5 Å². The number of hydrogen-bond acceptors (Lipinski definition) is 7. The quantitative estimate of drug-likeness (QED) is 0.128. The van der Waals surface area contributed by atoms with Gasteiger partial charge in [0.05, 0.1) is 6.04 Å². The molecule has 12 heteroatoms. The second-order valence-corrected chi connectivity index (χ2v) is 10.9. The summed E-state index contributed by atoms with van der Waals surface area (Å²) in [5.41, 5.74) is 2.46. The van der Waals surface area contributed by atoms with Crippen molar-refractivity contribution in [1.82, 2.24) is 31.4 Å². The molecule has 0 spiro atoms. The molecule has 2 aromatic carbocycles. The molecule has 0 aliphatic carbocycles. The van der Waals surface area contributed by atoms with Crippen molar-refractivity contribution < 1.29 is 28.5 Å². The molecule has 0 saturated heterocycles. The van der Waals surface area contributed by atoms with E-state index >= 15 is 0 Å². The predicted molar refractivity (Wildman–Crippen MR) is 167 cm³/mol. The second kappa shape index (κ2) is 15.5. The Labute approximate surface area is 260 Å². The number of unbranched alkanes of at least 4 members (excludes halogenated alkanes) is 1. The smallest absolute Gasteiger partial charge is 0.289 e. The van der Waals surface area contributed by atoms with Crippen LogP contribution in [0.2, 0.25) is 0 Å². The van der Waals surface area contributed by atoms with Gasteiger partial charge in [0.15, 0.2) is 5.69 Å². The minimum absolute atomic E-state index is 0.0167. The fraction of sp³-hybridized carbons (Fsp3) is 0.333. The molecule has 0 radical (unpaired) electrons. The van der Waals surface area contributed by atoms with E-state index in [1.165, 1.54) is 13.0 Å². The van der Waals surface area contributed by atoms with E-state index in [-0.39, 0.29) is 25.1 Å². The maximum absolute atomic E-state index is 13.8. The Morgan fingerprint density at radius 3 is 2.33 bits per heavy atom. The van der Waals surface area contributed by atoms with Crippen LogP contribution in [0.5, 0.6) is 0 Å². The lowest BCUT2D eigenvalue weighted by atomic mass is 10.0. The Morgan fingerprint density at radius 1 is 0.911 bits per heavy atom. The number of amides is 4. The molecule has 2 aromatic heterocycles. The summed E-state index contributed by atoms with van der Waals surface area (Å²) in [7, 11) is 0. The molecule has 4 amide bonds. The van der Waals surface area contributed by atoms with Crippen LogP contribution in [-0.4, -0.2) is 57.7 Å². The lowest BCUT2D eigenvalue weighted by molar-refractivity contribution is -0.140. The average Bonchev–Trinajstić information content (AvgIpc) is 3.67. The normalized spacial score (nSPS) is 13.0. The summed E-state index contributed by atoms with van der Waals surface area (Å²) in [5.74, 6) is -3.01. The Bertz CT molecular complexity index is 1650. The Morgan fingerprint density at radius 2 is 1.62 bits per heavy atom. The van der Waals surface area contributed by atoms with Gasteiger partial charge in [0.1, 0.15) is 17.8 Å². The van der Waals surface area contributed by atoms with Crippen molar-refractivity contribution >= 4 is 40.3 Å². The maximum Gasteiger partial charge on any atom is 0.289 e. The van der Waals surface area contributed by atoms with E-state index < -0.39 is 47.5 Å². The van der Waals surface area contributed by atoms with E-state index in [0.29, 0.717) is 12.2 Å². The number of rotatable bonds is 15. The molecule has 0 aliphatic heterocycles. The van der Waals surface area contributed by atoms with Crippen LogP contribution in [0, 0.1) is 6.92 Å². The number of aromatic amines is 1. The molecule has 12 nitrogen and oxygen atoms in total. The number of para-hydroxylation sites is 1. The third-order valence-corrected chi connectivity index (χ3v) is 7.33. The maximum atomic E-state index is 13.8. The summed E-state index contributed by atoms with van der Waals surface area (Å²) in [6, 6.07) is 14.9. The summed E-state index contributed by atoms with van der Waals surface area (Å²) in [6.07, 6.45) is 3.42. The van der Waals surface area contributed by atoms with Gasteiger partial charge in [-0.25, -0.2) is 0 Å². The number of carbonyl (C=O) groups is 5. The van der Waals surface area contributed by atoms with Crippen molar-refractivity contribution in [1.29, 1.82) is 0 Å². The number of ketones is 1. The van der Waals surface area contributed by atoms with Crippen LogP contribution in [-0.2, 0) is 32.1 Å². The SMILES string of the molecule is CCCC[C@H](NC(=O)[C@H](Cc1c[nH]c2ccccc12)NC(=O)[C@H](C)NC(=O)c1cc(C)on1)C(=O)C(=O)NCc1ccccc1. The van der Waals surface area contributed by atoms with Gasteiger partial charge in [0, 0.05) is 36.1 Å². The Hall–Kier alpha value is -5.26. The van der Waals surface area contributed by atoms with Crippen LogP contribution in [0.1, 0.15) is 60.5 Å². The zero-order chi connectivity index (χ0) is 32.3. The molecule has 0 fully saturated rings. The minimum Gasteiger partial charge on any atom is -0.361 e. The Balaban J connectivity index is 1.50. The van der Waals surface area contributed by atoms with E-state index in [4.69, 9.17) is 4.52 Å². The number of benzene rings is 2. The number of Topliss-reactive ketones (excluding diaryl/α,β-unsaturated/α-hetero) is 1. The summed E-state index contributed by atoms with van der Waals surface area (Å²) < 4.78 is 4.93. The highest BCUT2D eigenvalue weighted by Gasteiger charge is 2.31. The van der Waals surface area contributed by atoms with Gasteiger partial charge in [0.25, 0.3) is 11.8 Å². The molecule has 0 aliphatic rings. The predicted octanol–water partition coefficient (Wildman–Crippen LogP) is 2.87. The molecule has 5 N–H and O–H groups in total. The highest BCUT2D eigenvalue weighted by molar-refractivity contribution is 6.38. The largest absolute Gasteiger partial charge is 0.361 e.